The number of esters is 1. The van der Waals surface area contributed by atoms with E-state index >= 15 is 0 Å². The average Bonchev–Trinajstić information content (AvgIpc) is 2.58. The zero-order valence-corrected chi connectivity index (χ0v) is 15.2. The van der Waals surface area contributed by atoms with Gasteiger partial charge in [0.25, 0.3) is 5.91 Å². The molecule has 0 unspecified atom stereocenters. The number of ether oxygens (including phenoxy) is 1. The number of anilines is 2. The highest BCUT2D eigenvalue weighted by Gasteiger charge is 2.18. The fourth-order valence-electron chi connectivity index (χ4n) is 2.17. The van der Waals surface area contributed by atoms with Gasteiger partial charge < -0.3 is 15.4 Å². The molecule has 0 radical (unpaired) electrons. The first-order valence-electron chi connectivity index (χ1n) is 7.96. The summed E-state index contributed by atoms with van der Waals surface area (Å²) in [6, 6.07) is 13.6. The van der Waals surface area contributed by atoms with E-state index in [0.717, 1.165) is 0 Å². The van der Waals surface area contributed by atoms with Crippen LogP contribution in [0.5, 0.6) is 0 Å². The summed E-state index contributed by atoms with van der Waals surface area (Å²) in [5.74, 6) is -1.17. The summed E-state index contributed by atoms with van der Waals surface area (Å²) >= 11 is 6.01. The van der Waals surface area contributed by atoms with E-state index in [1.54, 1.807) is 48.5 Å². The topological polar surface area (TPSA) is 84.5 Å². The van der Waals surface area contributed by atoms with Crippen LogP contribution >= 0.6 is 11.6 Å². The molecule has 0 bridgehead atoms. The van der Waals surface area contributed by atoms with Gasteiger partial charge in [0.05, 0.1) is 6.42 Å². The summed E-state index contributed by atoms with van der Waals surface area (Å²) in [6.07, 6.45) is -0.970. The number of hydrogen-bond donors (Lipinski definition) is 2. The van der Waals surface area contributed by atoms with Gasteiger partial charge in [-0.3, -0.25) is 14.4 Å². The van der Waals surface area contributed by atoms with E-state index in [1.165, 1.54) is 13.8 Å². The first-order valence-corrected chi connectivity index (χ1v) is 8.34. The summed E-state index contributed by atoms with van der Waals surface area (Å²) in [4.78, 5) is 35.1. The van der Waals surface area contributed by atoms with Crippen molar-refractivity contribution in [2.75, 3.05) is 10.6 Å². The van der Waals surface area contributed by atoms with E-state index in [1.807, 2.05) is 0 Å². The van der Waals surface area contributed by atoms with Crippen LogP contribution in [0.1, 0.15) is 19.4 Å². The molecule has 7 heteroatoms. The maximum atomic E-state index is 12.1. The van der Waals surface area contributed by atoms with E-state index in [0.29, 0.717) is 22.0 Å². The third-order valence-corrected chi connectivity index (χ3v) is 3.81. The Labute approximate surface area is 156 Å². The largest absolute Gasteiger partial charge is 0.452 e. The molecule has 0 saturated heterocycles. The number of rotatable bonds is 6. The second kappa shape index (κ2) is 9.01. The smallest absolute Gasteiger partial charge is 0.311 e. The van der Waals surface area contributed by atoms with Crippen LogP contribution in [0.4, 0.5) is 11.4 Å². The molecule has 0 aliphatic heterocycles. The zero-order valence-electron chi connectivity index (χ0n) is 14.4. The van der Waals surface area contributed by atoms with Gasteiger partial charge in [-0.15, -0.1) is 0 Å². The lowest BCUT2D eigenvalue weighted by Crippen LogP contribution is -2.30. The van der Waals surface area contributed by atoms with Gasteiger partial charge in [-0.05, 0) is 42.8 Å². The minimum absolute atomic E-state index is 0.0112. The van der Waals surface area contributed by atoms with Gasteiger partial charge in [-0.2, -0.15) is 0 Å². The summed E-state index contributed by atoms with van der Waals surface area (Å²) < 4.78 is 5.15. The van der Waals surface area contributed by atoms with Gasteiger partial charge in [0, 0.05) is 23.3 Å². The average molecular weight is 375 g/mol. The molecule has 2 aromatic rings. The SMILES string of the molecule is CC(=O)Nc1ccc(NC(=O)[C@@H](C)OC(=O)Cc2ccccc2Cl)cc1. The van der Waals surface area contributed by atoms with Crippen LogP contribution in [-0.4, -0.2) is 23.9 Å². The minimum atomic E-state index is -0.958. The fourth-order valence-corrected chi connectivity index (χ4v) is 2.38. The lowest BCUT2D eigenvalue weighted by molar-refractivity contribution is -0.152. The van der Waals surface area contributed by atoms with E-state index < -0.39 is 18.0 Å². The van der Waals surface area contributed by atoms with Gasteiger partial charge in [-0.1, -0.05) is 29.8 Å². The molecule has 0 heterocycles. The fraction of sp³-hybridized carbons (Fsp3) is 0.211. The Morgan fingerprint density at radius 2 is 1.58 bits per heavy atom. The highest BCUT2D eigenvalue weighted by molar-refractivity contribution is 6.31. The van der Waals surface area contributed by atoms with Crippen molar-refractivity contribution in [3.63, 3.8) is 0 Å². The van der Waals surface area contributed by atoms with Crippen LogP contribution in [0, 0.1) is 0 Å². The van der Waals surface area contributed by atoms with E-state index in [-0.39, 0.29) is 12.3 Å². The number of amides is 2. The molecule has 0 fully saturated rings. The predicted molar refractivity (Wildman–Crippen MR) is 100 cm³/mol. The molecule has 1 atom stereocenters. The number of hydrogen-bond acceptors (Lipinski definition) is 4. The van der Waals surface area contributed by atoms with Crippen molar-refractivity contribution in [2.24, 2.45) is 0 Å². The van der Waals surface area contributed by atoms with Gasteiger partial charge in [0.1, 0.15) is 0 Å². The lowest BCUT2D eigenvalue weighted by atomic mass is 10.1. The Kier molecular flexibility index (Phi) is 6.74. The molecule has 0 aliphatic rings. The third-order valence-electron chi connectivity index (χ3n) is 3.44. The molecular weight excluding hydrogens is 356 g/mol. The van der Waals surface area contributed by atoms with Crippen molar-refractivity contribution in [2.45, 2.75) is 26.4 Å². The second-order valence-corrected chi connectivity index (χ2v) is 6.06. The maximum absolute atomic E-state index is 12.1. The van der Waals surface area contributed by atoms with Crippen molar-refractivity contribution in [1.29, 1.82) is 0 Å². The van der Waals surface area contributed by atoms with Gasteiger partial charge in [0.2, 0.25) is 5.91 Å². The normalized spacial score (nSPS) is 11.3. The molecule has 2 N–H and O–H groups in total. The molecule has 6 nitrogen and oxygen atoms in total. The first-order chi connectivity index (χ1) is 12.3. The zero-order chi connectivity index (χ0) is 19.1. The second-order valence-electron chi connectivity index (χ2n) is 5.65. The summed E-state index contributed by atoms with van der Waals surface area (Å²) in [5.41, 5.74) is 1.79. The molecule has 0 aliphatic carbocycles. The number of nitrogens with one attached hydrogen (secondary N) is 2. The predicted octanol–water partition coefficient (Wildman–Crippen LogP) is 3.41. The minimum Gasteiger partial charge on any atom is -0.452 e. The van der Waals surface area contributed by atoms with Crippen molar-refractivity contribution in [1.82, 2.24) is 0 Å². The van der Waals surface area contributed by atoms with Crippen molar-refractivity contribution in [3.8, 4) is 0 Å². The quantitative estimate of drug-likeness (QED) is 0.759. The van der Waals surface area contributed by atoms with Crippen LogP contribution in [0.3, 0.4) is 0 Å². The van der Waals surface area contributed by atoms with Crippen LogP contribution in [0.25, 0.3) is 0 Å². The Morgan fingerprint density at radius 3 is 2.15 bits per heavy atom. The number of carbonyl (C=O) groups excluding carboxylic acids is 3. The molecule has 0 aromatic heterocycles. The van der Waals surface area contributed by atoms with E-state index in [9.17, 15) is 14.4 Å². The van der Waals surface area contributed by atoms with Crippen LogP contribution in [-0.2, 0) is 25.5 Å². The lowest BCUT2D eigenvalue weighted by Gasteiger charge is -2.14. The van der Waals surface area contributed by atoms with Crippen molar-refractivity contribution >= 4 is 40.8 Å². The molecule has 0 spiro atoms. The molecule has 26 heavy (non-hydrogen) atoms. The summed E-state index contributed by atoms with van der Waals surface area (Å²) in [7, 11) is 0. The Hall–Kier alpha value is -2.86. The number of halogens is 1. The summed E-state index contributed by atoms with van der Waals surface area (Å²) in [6.45, 7) is 2.90. The van der Waals surface area contributed by atoms with Crippen molar-refractivity contribution < 1.29 is 19.1 Å². The standard InChI is InChI=1S/C19H19ClN2O4/c1-12(26-18(24)11-14-5-3-4-6-17(14)20)19(25)22-16-9-7-15(8-10-16)21-13(2)23/h3-10,12H,11H2,1-2H3,(H,21,23)(H,22,25)/t12-/m1/s1. The van der Waals surface area contributed by atoms with Crippen LogP contribution in [0.15, 0.2) is 48.5 Å². The van der Waals surface area contributed by atoms with Gasteiger partial charge in [0.15, 0.2) is 6.10 Å². The van der Waals surface area contributed by atoms with Crippen LogP contribution in [0.2, 0.25) is 5.02 Å². The van der Waals surface area contributed by atoms with Crippen LogP contribution < -0.4 is 10.6 Å². The highest BCUT2D eigenvalue weighted by Crippen LogP contribution is 2.17. The molecule has 0 saturated carbocycles. The Bertz CT molecular complexity index is 805. The monoisotopic (exact) mass is 374 g/mol. The molecular formula is C19H19ClN2O4. The number of carbonyl (C=O) groups is 3. The van der Waals surface area contributed by atoms with Crippen molar-refractivity contribution in [3.05, 3.63) is 59.1 Å². The van der Waals surface area contributed by atoms with E-state index in [2.05, 4.69) is 10.6 Å². The molecule has 2 aromatic carbocycles. The third kappa shape index (κ3) is 5.89. The van der Waals surface area contributed by atoms with Gasteiger partial charge >= 0.3 is 5.97 Å². The van der Waals surface area contributed by atoms with E-state index in [4.69, 9.17) is 16.3 Å². The summed E-state index contributed by atoms with van der Waals surface area (Å²) in [5, 5.41) is 5.75. The maximum Gasteiger partial charge on any atom is 0.311 e. The Morgan fingerprint density at radius 1 is 1.00 bits per heavy atom. The first kappa shape index (κ1) is 19.5. The molecule has 2 amide bonds. The molecule has 2 rings (SSSR count). The Balaban J connectivity index is 1.87. The number of benzene rings is 2. The van der Waals surface area contributed by atoms with Gasteiger partial charge in [-0.25, -0.2) is 0 Å². The molecule has 136 valence electrons. The highest BCUT2D eigenvalue weighted by atomic mass is 35.5.